The van der Waals surface area contributed by atoms with Gasteiger partial charge < -0.3 is 10.5 Å². The fraction of sp³-hybridized carbons (Fsp3) is 0.250. The van der Waals surface area contributed by atoms with Crippen molar-refractivity contribution in [3.63, 3.8) is 0 Å². The summed E-state index contributed by atoms with van der Waals surface area (Å²) in [4.78, 5) is 0. The van der Waals surface area contributed by atoms with E-state index in [0.29, 0.717) is 0 Å². The number of ether oxygens (including phenoxy) is 1. The molecule has 0 saturated carbocycles. The molecular formula is C16H18FNO. The Hall–Kier alpha value is -1.71. The highest BCUT2D eigenvalue weighted by atomic mass is 19.1. The summed E-state index contributed by atoms with van der Waals surface area (Å²) in [7, 11) is 1.62. The number of rotatable bonds is 4. The summed E-state index contributed by atoms with van der Waals surface area (Å²) in [5.41, 5.74) is 8.99. The molecule has 0 amide bonds. The van der Waals surface area contributed by atoms with E-state index in [2.05, 4.69) is 0 Å². The van der Waals surface area contributed by atoms with E-state index in [9.17, 15) is 4.39 Å². The maximum atomic E-state index is 13.4. The molecule has 0 heterocycles. The number of nitrogens with two attached hydrogens (primary N) is 1. The van der Waals surface area contributed by atoms with Crippen molar-refractivity contribution in [2.24, 2.45) is 5.73 Å². The highest BCUT2D eigenvalue weighted by molar-refractivity contribution is 5.32. The van der Waals surface area contributed by atoms with Crippen molar-refractivity contribution in [2.75, 3.05) is 7.11 Å². The molecule has 0 saturated heterocycles. The molecule has 2 nitrogen and oxygen atoms in total. The smallest absolute Gasteiger partial charge is 0.123 e. The number of hydrogen-bond donors (Lipinski definition) is 1. The van der Waals surface area contributed by atoms with Gasteiger partial charge in [-0.15, -0.1) is 0 Å². The Labute approximate surface area is 113 Å². The fourth-order valence-corrected chi connectivity index (χ4v) is 2.27. The van der Waals surface area contributed by atoms with Crippen LogP contribution in [0.5, 0.6) is 0 Å². The van der Waals surface area contributed by atoms with Gasteiger partial charge in [0, 0.05) is 7.11 Å². The SMILES string of the molecule is COC(c1ccccc1)C(N)c1cc(F)ccc1C. The lowest BCUT2D eigenvalue weighted by Crippen LogP contribution is -2.22. The average molecular weight is 259 g/mol. The summed E-state index contributed by atoms with van der Waals surface area (Å²) in [6, 6.07) is 14.0. The van der Waals surface area contributed by atoms with Gasteiger partial charge in [0.1, 0.15) is 11.9 Å². The molecule has 2 N–H and O–H groups in total. The van der Waals surface area contributed by atoms with Crippen molar-refractivity contribution >= 4 is 0 Å². The van der Waals surface area contributed by atoms with Gasteiger partial charge in [0.25, 0.3) is 0 Å². The van der Waals surface area contributed by atoms with Crippen LogP contribution in [0.15, 0.2) is 48.5 Å². The second-order valence-corrected chi connectivity index (χ2v) is 4.59. The first-order valence-electron chi connectivity index (χ1n) is 6.23. The molecule has 0 aliphatic heterocycles. The van der Waals surface area contributed by atoms with Gasteiger partial charge in [-0.25, -0.2) is 4.39 Å². The van der Waals surface area contributed by atoms with Crippen LogP contribution in [0.2, 0.25) is 0 Å². The Bertz CT molecular complexity index is 542. The number of methoxy groups -OCH3 is 1. The minimum absolute atomic E-state index is 0.279. The molecule has 100 valence electrons. The Kier molecular flexibility index (Phi) is 4.30. The summed E-state index contributed by atoms with van der Waals surface area (Å²) < 4.78 is 18.9. The van der Waals surface area contributed by atoms with E-state index in [1.807, 2.05) is 37.3 Å². The highest BCUT2D eigenvalue weighted by Crippen LogP contribution is 2.31. The van der Waals surface area contributed by atoms with E-state index in [0.717, 1.165) is 16.7 Å². The quantitative estimate of drug-likeness (QED) is 0.911. The molecule has 0 fully saturated rings. The molecule has 0 spiro atoms. The average Bonchev–Trinajstić information content (AvgIpc) is 2.43. The molecule has 2 aromatic rings. The maximum Gasteiger partial charge on any atom is 0.123 e. The van der Waals surface area contributed by atoms with Crippen molar-refractivity contribution in [1.29, 1.82) is 0 Å². The van der Waals surface area contributed by atoms with Gasteiger partial charge in [0.15, 0.2) is 0 Å². The molecule has 0 aliphatic carbocycles. The van der Waals surface area contributed by atoms with Gasteiger partial charge in [0.05, 0.1) is 6.04 Å². The van der Waals surface area contributed by atoms with E-state index < -0.39 is 6.04 Å². The predicted molar refractivity (Wildman–Crippen MR) is 74.3 cm³/mol. The van der Waals surface area contributed by atoms with Crippen LogP contribution < -0.4 is 5.73 Å². The molecule has 2 aromatic carbocycles. The van der Waals surface area contributed by atoms with Crippen molar-refractivity contribution < 1.29 is 9.13 Å². The maximum absolute atomic E-state index is 13.4. The van der Waals surface area contributed by atoms with Crippen LogP contribution in [0.1, 0.15) is 28.8 Å². The van der Waals surface area contributed by atoms with Crippen LogP contribution in [-0.4, -0.2) is 7.11 Å². The van der Waals surface area contributed by atoms with Crippen molar-refractivity contribution in [2.45, 2.75) is 19.1 Å². The van der Waals surface area contributed by atoms with Gasteiger partial charge in [-0.3, -0.25) is 0 Å². The number of halogens is 1. The molecule has 2 rings (SSSR count). The Morgan fingerprint density at radius 3 is 2.42 bits per heavy atom. The van der Waals surface area contributed by atoms with E-state index >= 15 is 0 Å². The Balaban J connectivity index is 2.36. The summed E-state index contributed by atoms with van der Waals surface area (Å²) in [6.07, 6.45) is -0.290. The molecule has 3 heteroatoms. The van der Waals surface area contributed by atoms with Crippen LogP contribution in [-0.2, 0) is 4.74 Å². The monoisotopic (exact) mass is 259 g/mol. The normalized spacial score (nSPS) is 14.1. The zero-order valence-electron chi connectivity index (χ0n) is 11.1. The fourth-order valence-electron chi connectivity index (χ4n) is 2.27. The first kappa shape index (κ1) is 13.7. The van der Waals surface area contributed by atoms with Gasteiger partial charge in [-0.05, 0) is 35.7 Å². The lowest BCUT2D eigenvalue weighted by atomic mass is 9.93. The molecule has 2 atom stereocenters. The van der Waals surface area contributed by atoms with Crippen LogP contribution in [0.4, 0.5) is 4.39 Å². The minimum Gasteiger partial charge on any atom is -0.375 e. The number of benzene rings is 2. The largest absolute Gasteiger partial charge is 0.375 e. The van der Waals surface area contributed by atoms with E-state index in [-0.39, 0.29) is 11.9 Å². The van der Waals surface area contributed by atoms with Crippen LogP contribution in [0, 0.1) is 12.7 Å². The second-order valence-electron chi connectivity index (χ2n) is 4.59. The van der Waals surface area contributed by atoms with Crippen LogP contribution >= 0.6 is 0 Å². The summed E-state index contributed by atoms with van der Waals surface area (Å²) in [6.45, 7) is 1.92. The van der Waals surface area contributed by atoms with Gasteiger partial charge in [-0.1, -0.05) is 36.4 Å². The van der Waals surface area contributed by atoms with Gasteiger partial charge in [-0.2, -0.15) is 0 Å². The zero-order valence-corrected chi connectivity index (χ0v) is 11.1. The number of hydrogen-bond acceptors (Lipinski definition) is 2. The van der Waals surface area contributed by atoms with Gasteiger partial charge >= 0.3 is 0 Å². The molecule has 0 bridgehead atoms. The third kappa shape index (κ3) is 3.00. The first-order chi connectivity index (χ1) is 9.13. The van der Waals surface area contributed by atoms with E-state index in [1.165, 1.54) is 12.1 Å². The Morgan fingerprint density at radius 2 is 1.79 bits per heavy atom. The van der Waals surface area contributed by atoms with Crippen molar-refractivity contribution in [3.05, 3.63) is 71.0 Å². The standard InChI is InChI=1S/C16H18FNO/c1-11-8-9-13(17)10-14(11)15(18)16(19-2)12-6-4-3-5-7-12/h3-10,15-16H,18H2,1-2H3. The predicted octanol–water partition coefficient (Wildman–Crippen LogP) is 3.52. The first-order valence-corrected chi connectivity index (χ1v) is 6.23. The third-order valence-electron chi connectivity index (χ3n) is 3.31. The van der Waals surface area contributed by atoms with Crippen LogP contribution in [0.3, 0.4) is 0 Å². The topological polar surface area (TPSA) is 35.2 Å². The molecule has 2 unspecified atom stereocenters. The van der Waals surface area contributed by atoms with E-state index in [1.54, 1.807) is 13.2 Å². The molecular weight excluding hydrogens is 241 g/mol. The van der Waals surface area contributed by atoms with Crippen molar-refractivity contribution in [3.8, 4) is 0 Å². The lowest BCUT2D eigenvalue weighted by Gasteiger charge is -2.24. The summed E-state index contributed by atoms with van der Waals surface area (Å²) >= 11 is 0. The zero-order chi connectivity index (χ0) is 13.8. The molecule has 0 aliphatic rings. The van der Waals surface area contributed by atoms with Crippen LogP contribution in [0.25, 0.3) is 0 Å². The Morgan fingerprint density at radius 1 is 1.11 bits per heavy atom. The third-order valence-corrected chi connectivity index (χ3v) is 3.31. The molecule has 19 heavy (non-hydrogen) atoms. The highest BCUT2D eigenvalue weighted by Gasteiger charge is 2.22. The summed E-state index contributed by atoms with van der Waals surface area (Å²) in [5.74, 6) is -0.279. The summed E-state index contributed by atoms with van der Waals surface area (Å²) in [5, 5.41) is 0. The molecule has 0 aromatic heterocycles. The molecule has 0 radical (unpaired) electrons. The lowest BCUT2D eigenvalue weighted by molar-refractivity contribution is 0.0799. The minimum atomic E-state index is -0.400. The second kappa shape index (κ2) is 5.95. The number of aryl methyl sites for hydroxylation is 1. The van der Waals surface area contributed by atoms with E-state index in [4.69, 9.17) is 10.5 Å². The van der Waals surface area contributed by atoms with Gasteiger partial charge in [0.2, 0.25) is 0 Å². The van der Waals surface area contributed by atoms with Crippen molar-refractivity contribution in [1.82, 2.24) is 0 Å².